The number of thiazole rings is 1. The lowest BCUT2D eigenvalue weighted by Gasteiger charge is -2.04. The number of nitrogens with zero attached hydrogens (tertiary/aromatic N) is 2. The number of ether oxygens (including phenoxy) is 1. The van der Waals surface area contributed by atoms with Gasteiger partial charge in [0.1, 0.15) is 5.75 Å². The highest BCUT2D eigenvalue weighted by molar-refractivity contribution is 7.16. The van der Waals surface area contributed by atoms with E-state index in [1.807, 2.05) is 41.8 Å². The number of aromatic nitrogens is 1. The molecule has 134 valence electrons. The van der Waals surface area contributed by atoms with Crippen molar-refractivity contribution in [3.8, 4) is 5.75 Å². The fraction of sp³-hybridized carbons (Fsp3) is 0.238. The summed E-state index contributed by atoms with van der Waals surface area (Å²) in [5.74, 6) is 0.366. The smallest absolute Gasteiger partial charge is 0.286 e. The molecule has 4 nitrogen and oxygen atoms in total. The van der Waals surface area contributed by atoms with E-state index in [1.54, 1.807) is 0 Å². The van der Waals surface area contributed by atoms with E-state index in [-0.39, 0.29) is 12.5 Å². The molecule has 0 radical (unpaired) electrons. The second-order valence-corrected chi connectivity index (χ2v) is 7.30. The first-order valence-corrected chi connectivity index (χ1v) is 9.28. The number of hydrogen-bond donors (Lipinski definition) is 0. The van der Waals surface area contributed by atoms with Crippen LogP contribution in [0.1, 0.15) is 16.7 Å². The van der Waals surface area contributed by atoms with Gasteiger partial charge in [0.25, 0.3) is 5.91 Å². The van der Waals surface area contributed by atoms with E-state index < -0.39 is 0 Å². The lowest BCUT2D eigenvalue weighted by molar-refractivity contribution is -0.120. The molecule has 1 amide bonds. The van der Waals surface area contributed by atoms with E-state index in [2.05, 4.69) is 37.6 Å². The minimum Gasteiger partial charge on any atom is -0.484 e. The van der Waals surface area contributed by atoms with Gasteiger partial charge in [0.15, 0.2) is 11.4 Å². The van der Waals surface area contributed by atoms with Crippen LogP contribution >= 0.6 is 11.3 Å². The Hall–Kier alpha value is -2.66. The fourth-order valence-corrected chi connectivity index (χ4v) is 3.93. The Morgan fingerprint density at radius 1 is 1.19 bits per heavy atom. The summed E-state index contributed by atoms with van der Waals surface area (Å²) >= 11 is 1.52. The highest BCUT2D eigenvalue weighted by Crippen LogP contribution is 2.23. The number of rotatable bonds is 5. The van der Waals surface area contributed by atoms with Crippen LogP contribution in [0.5, 0.6) is 5.75 Å². The third-order valence-corrected chi connectivity index (χ3v) is 5.26. The maximum absolute atomic E-state index is 12.3. The zero-order valence-electron chi connectivity index (χ0n) is 15.3. The van der Waals surface area contributed by atoms with Crippen LogP contribution in [0.15, 0.2) is 54.0 Å². The average molecular weight is 366 g/mol. The van der Waals surface area contributed by atoms with Crippen molar-refractivity contribution < 1.29 is 9.53 Å². The van der Waals surface area contributed by atoms with Crippen molar-refractivity contribution in [3.63, 3.8) is 0 Å². The highest BCUT2D eigenvalue weighted by Gasteiger charge is 2.10. The van der Waals surface area contributed by atoms with Crippen molar-refractivity contribution >= 4 is 27.5 Å². The fourth-order valence-electron chi connectivity index (χ4n) is 2.82. The van der Waals surface area contributed by atoms with Crippen molar-refractivity contribution in [2.45, 2.75) is 27.3 Å². The molecule has 0 fully saturated rings. The first-order chi connectivity index (χ1) is 12.5. The van der Waals surface area contributed by atoms with Gasteiger partial charge in [-0.1, -0.05) is 41.2 Å². The number of allylic oxidation sites excluding steroid dienone is 1. The van der Waals surface area contributed by atoms with Gasteiger partial charge in [0.05, 0.1) is 10.2 Å². The van der Waals surface area contributed by atoms with Crippen molar-refractivity contribution in [2.75, 3.05) is 6.61 Å². The van der Waals surface area contributed by atoms with Crippen LogP contribution in [-0.4, -0.2) is 17.1 Å². The van der Waals surface area contributed by atoms with Gasteiger partial charge in [0, 0.05) is 6.54 Å². The van der Waals surface area contributed by atoms with E-state index in [0.717, 1.165) is 15.8 Å². The minimum absolute atomic E-state index is 0.0800. The Morgan fingerprint density at radius 3 is 2.62 bits per heavy atom. The SMILES string of the molecule is C=CCn1c(=NC(=O)COc2ccc(C)cc2)sc2c(C)cc(C)cc21. The van der Waals surface area contributed by atoms with Crippen LogP contribution < -0.4 is 9.54 Å². The molecular weight excluding hydrogens is 344 g/mol. The van der Waals surface area contributed by atoms with Gasteiger partial charge in [-0.05, 0) is 50.1 Å². The Kier molecular flexibility index (Phi) is 5.38. The van der Waals surface area contributed by atoms with Crippen LogP contribution in [0.4, 0.5) is 0 Å². The summed E-state index contributed by atoms with van der Waals surface area (Å²) < 4.78 is 8.71. The molecule has 0 aliphatic carbocycles. The summed E-state index contributed by atoms with van der Waals surface area (Å²) in [4.78, 5) is 17.3. The molecule has 0 spiro atoms. The number of fused-ring (bicyclic) bond motifs is 1. The summed E-state index contributed by atoms with van der Waals surface area (Å²) in [6, 6.07) is 11.9. The third kappa shape index (κ3) is 3.94. The summed E-state index contributed by atoms with van der Waals surface area (Å²) in [6.45, 7) is 10.5. The van der Waals surface area contributed by atoms with Crippen LogP contribution in [0, 0.1) is 20.8 Å². The molecule has 0 aliphatic heterocycles. The Morgan fingerprint density at radius 2 is 1.92 bits per heavy atom. The van der Waals surface area contributed by atoms with Crippen molar-refractivity contribution in [1.82, 2.24) is 4.57 Å². The van der Waals surface area contributed by atoms with Crippen molar-refractivity contribution in [2.24, 2.45) is 4.99 Å². The molecule has 5 heteroatoms. The second-order valence-electron chi connectivity index (χ2n) is 6.32. The number of carbonyl (C=O) groups excluding carboxylic acids is 1. The molecule has 0 atom stereocenters. The predicted octanol–water partition coefficient (Wildman–Crippen LogP) is 4.32. The van der Waals surface area contributed by atoms with E-state index in [4.69, 9.17) is 4.74 Å². The quantitative estimate of drug-likeness (QED) is 0.631. The zero-order chi connectivity index (χ0) is 18.7. The van der Waals surface area contributed by atoms with Crippen LogP contribution in [-0.2, 0) is 11.3 Å². The van der Waals surface area contributed by atoms with Gasteiger partial charge in [-0.15, -0.1) is 6.58 Å². The topological polar surface area (TPSA) is 43.6 Å². The number of amides is 1. The molecule has 0 saturated heterocycles. The van der Waals surface area contributed by atoms with Crippen LogP contribution in [0.3, 0.4) is 0 Å². The Balaban J connectivity index is 1.91. The molecule has 0 aliphatic rings. The zero-order valence-corrected chi connectivity index (χ0v) is 16.1. The standard InChI is InChI=1S/C21H22N2O2S/c1-5-10-23-18-12-15(3)11-16(4)20(18)26-21(23)22-19(24)13-25-17-8-6-14(2)7-9-17/h5-9,11-12H,1,10,13H2,2-4H3. The summed E-state index contributed by atoms with van der Waals surface area (Å²) in [6.07, 6.45) is 1.82. The van der Waals surface area contributed by atoms with Gasteiger partial charge >= 0.3 is 0 Å². The molecule has 2 aromatic carbocycles. The molecule has 1 heterocycles. The number of carbonyl (C=O) groups is 1. The molecule has 0 N–H and O–H groups in total. The Labute approximate surface area is 157 Å². The van der Waals surface area contributed by atoms with Gasteiger partial charge in [-0.2, -0.15) is 4.99 Å². The Bertz CT molecular complexity index is 1030. The lowest BCUT2D eigenvalue weighted by Crippen LogP contribution is -2.19. The first-order valence-electron chi connectivity index (χ1n) is 8.46. The number of aryl methyl sites for hydroxylation is 3. The van der Waals surface area contributed by atoms with E-state index >= 15 is 0 Å². The molecule has 26 heavy (non-hydrogen) atoms. The molecule has 0 bridgehead atoms. The minimum atomic E-state index is -0.302. The molecule has 0 saturated carbocycles. The highest BCUT2D eigenvalue weighted by atomic mass is 32.1. The monoisotopic (exact) mass is 366 g/mol. The van der Waals surface area contributed by atoms with Gasteiger partial charge in [-0.3, -0.25) is 4.79 Å². The van der Waals surface area contributed by atoms with E-state index in [0.29, 0.717) is 17.1 Å². The first kappa shape index (κ1) is 18.1. The largest absolute Gasteiger partial charge is 0.484 e. The van der Waals surface area contributed by atoms with E-state index in [1.165, 1.54) is 22.5 Å². The number of hydrogen-bond acceptors (Lipinski definition) is 3. The van der Waals surface area contributed by atoms with Crippen LogP contribution in [0.25, 0.3) is 10.2 Å². The molecule has 3 aromatic rings. The molecule has 1 aromatic heterocycles. The summed E-state index contributed by atoms with van der Waals surface area (Å²) in [7, 11) is 0. The summed E-state index contributed by atoms with van der Waals surface area (Å²) in [5.41, 5.74) is 4.60. The van der Waals surface area contributed by atoms with Crippen molar-refractivity contribution in [3.05, 3.63) is 70.5 Å². The lowest BCUT2D eigenvalue weighted by atomic mass is 10.1. The van der Waals surface area contributed by atoms with Crippen molar-refractivity contribution in [1.29, 1.82) is 0 Å². The van der Waals surface area contributed by atoms with Gasteiger partial charge < -0.3 is 9.30 Å². The third-order valence-electron chi connectivity index (χ3n) is 4.03. The molecule has 0 unspecified atom stereocenters. The van der Waals surface area contributed by atoms with E-state index in [9.17, 15) is 4.79 Å². The second kappa shape index (κ2) is 7.70. The number of benzene rings is 2. The maximum atomic E-state index is 12.3. The predicted molar refractivity (Wildman–Crippen MR) is 107 cm³/mol. The molecular formula is C21H22N2O2S. The molecule has 3 rings (SSSR count). The van der Waals surface area contributed by atoms with Gasteiger partial charge in [0.2, 0.25) is 0 Å². The van der Waals surface area contributed by atoms with Gasteiger partial charge in [-0.25, -0.2) is 0 Å². The summed E-state index contributed by atoms with van der Waals surface area (Å²) in [5, 5.41) is 0. The normalized spacial score (nSPS) is 11.7. The average Bonchev–Trinajstić information content (AvgIpc) is 2.93. The maximum Gasteiger partial charge on any atom is 0.286 e. The van der Waals surface area contributed by atoms with Crippen LogP contribution in [0.2, 0.25) is 0 Å².